The van der Waals surface area contributed by atoms with E-state index in [9.17, 15) is 4.79 Å². The minimum atomic E-state index is -0.470. The van der Waals surface area contributed by atoms with Gasteiger partial charge in [0.05, 0.1) is 6.26 Å². The van der Waals surface area contributed by atoms with Crippen molar-refractivity contribution >= 4 is 5.91 Å². The van der Waals surface area contributed by atoms with Crippen LogP contribution in [0.25, 0.3) is 0 Å². The maximum Gasteiger partial charge on any atom is 0.300 e. The minimum absolute atomic E-state index is 0.157. The summed E-state index contributed by atoms with van der Waals surface area (Å²) >= 11 is 0. The number of ether oxygens (including phenoxy) is 1. The van der Waals surface area contributed by atoms with Crippen LogP contribution >= 0.6 is 0 Å². The van der Waals surface area contributed by atoms with E-state index in [4.69, 9.17) is 19.4 Å². The van der Waals surface area contributed by atoms with Gasteiger partial charge in [-0.2, -0.15) is 0 Å². The van der Waals surface area contributed by atoms with E-state index in [-0.39, 0.29) is 12.4 Å². The van der Waals surface area contributed by atoms with Crippen LogP contribution in [0, 0.1) is 0 Å². The molecule has 0 saturated heterocycles. The second kappa shape index (κ2) is 5.33. The smallest absolute Gasteiger partial charge is 0.300 e. The Labute approximate surface area is 97.3 Å². The molecule has 6 heteroatoms. The molecule has 0 aliphatic rings. The number of hydrogen-bond acceptors (Lipinski definition) is 5. The molecule has 0 fully saturated rings. The molecule has 0 aliphatic heterocycles. The van der Waals surface area contributed by atoms with Crippen molar-refractivity contribution in [1.82, 2.24) is 5.43 Å². The Kier molecular flexibility index (Phi) is 3.59. The third-order valence-electron chi connectivity index (χ3n) is 2.09. The highest BCUT2D eigenvalue weighted by Gasteiger charge is 2.09. The topological polar surface area (TPSA) is 90.6 Å². The van der Waals surface area contributed by atoms with Gasteiger partial charge in [0.15, 0.2) is 5.76 Å². The molecule has 1 amide bonds. The molecule has 0 atom stereocenters. The van der Waals surface area contributed by atoms with Crippen LogP contribution in [0.2, 0.25) is 0 Å². The van der Waals surface area contributed by atoms with Crippen LogP contribution in [0.4, 0.5) is 0 Å². The Balaban J connectivity index is 1.83. The zero-order valence-corrected chi connectivity index (χ0v) is 9.01. The molecule has 0 aliphatic carbocycles. The molecule has 3 N–H and O–H groups in total. The predicted octanol–water partition coefficient (Wildman–Crippen LogP) is 1.19. The highest BCUT2D eigenvalue weighted by Crippen LogP contribution is 2.10. The van der Waals surface area contributed by atoms with Crippen LogP contribution in [0.1, 0.15) is 22.1 Å². The van der Waals surface area contributed by atoms with Gasteiger partial charge in [-0.05, 0) is 24.3 Å². The molecule has 2 aromatic heterocycles. The van der Waals surface area contributed by atoms with E-state index in [0.29, 0.717) is 12.4 Å². The number of carbonyl (C=O) groups excluding carboxylic acids is 1. The molecule has 2 aromatic rings. The SMILES string of the molecule is NNC(=O)c1ccc(COCc2ccco2)o1. The standard InChI is InChI=1S/C11H12N2O4/c12-13-11(14)10-4-3-9(17-10)7-15-6-8-2-1-5-16-8/h1-5H,6-7,12H2,(H,13,14). The number of nitrogens with two attached hydrogens (primary N) is 1. The van der Waals surface area contributed by atoms with Gasteiger partial charge in [-0.15, -0.1) is 0 Å². The van der Waals surface area contributed by atoms with Crippen LogP contribution in [-0.4, -0.2) is 5.91 Å². The lowest BCUT2D eigenvalue weighted by atomic mass is 10.4. The van der Waals surface area contributed by atoms with Crippen molar-refractivity contribution in [2.45, 2.75) is 13.2 Å². The first-order valence-corrected chi connectivity index (χ1v) is 4.99. The van der Waals surface area contributed by atoms with Crippen molar-refractivity contribution in [3.8, 4) is 0 Å². The van der Waals surface area contributed by atoms with Crippen molar-refractivity contribution in [2.75, 3.05) is 0 Å². The van der Waals surface area contributed by atoms with Gasteiger partial charge in [-0.1, -0.05) is 0 Å². The zero-order valence-electron chi connectivity index (χ0n) is 9.01. The van der Waals surface area contributed by atoms with Crippen LogP contribution in [0.3, 0.4) is 0 Å². The molecule has 0 aromatic carbocycles. The monoisotopic (exact) mass is 236 g/mol. The number of hydrogen-bond donors (Lipinski definition) is 2. The number of amides is 1. The fourth-order valence-electron chi connectivity index (χ4n) is 1.30. The average Bonchev–Trinajstić information content (AvgIpc) is 2.99. The normalized spacial score (nSPS) is 10.4. The summed E-state index contributed by atoms with van der Waals surface area (Å²) in [6, 6.07) is 6.80. The highest BCUT2D eigenvalue weighted by molar-refractivity contribution is 5.90. The number of rotatable bonds is 5. The zero-order chi connectivity index (χ0) is 12.1. The van der Waals surface area contributed by atoms with E-state index in [1.165, 1.54) is 6.07 Å². The van der Waals surface area contributed by atoms with E-state index in [1.54, 1.807) is 18.4 Å². The van der Waals surface area contributed by atoms with Crippen molar-refractivity contribution in [3.63, 3.8) is 0 Å². The third kappa shape index (κ3) is 2.96. The molecule has 17 heavy (non-hydrogen) atoms. The molecular formula is C11H12N2O4. The molecule has 0 unspecified atom stereocenters. The van der Waals surface area contributed by atoms with Gasteiger partial charge in [0.25, 0.3) is 0 Å². The van der Waals surface area contributed by atoms with Crippen LogP contribution in [0.15, 0.2) is 39.4 Å². The number of nitrogens with one attached hydrogen (secondary N) is 1. The first-order chi connectivity index (χ1) is 8.29. The Bertz CT molecular complexity index is 475. The fraction of sp³-hybridized carbons (Fsp3) is 0.182. The summed E-state index contributed by atoms with van der Waals surface area (Å²) in [7, 11) is 0. The summed E-state index contributed by atoms with van der Waals surface area (Å²) in [5.74, 6) is 5.94. The lowest BCUT2D eigenvalue weighted by Crippen LogP contribution is -2.29. The Hall–Kier alpha value is -2.05. The summed E-state index contributed by atoms with van der Waals surface area (Å²) in [5.41, 5.74) is 1.98. The number of carbonyl (C=O) groups is 1. The van der Waals surface area contributed by atoms with Crippen LogP contribution < -0.4 is 11.3 Å². The first kappa shape index (κ1) is 11.4. The van der Waals surface area contributed by atoms with E-state index < -0.39 is 5.91 Å². The van der Waals surface area contributed by atoms with Gasteiger partial charge in [0.2, 0.25) is 0 Å². The van der Waals surface area contributed by atoms with Crippen molar-refractivity contribution < 1.29 is 18.4 Å². The minimum Gasteiger partial charge on any atom is -0.467 e. The summed E-state index contributed by atoms with van der Waals surface area (Å²) in [6.45, 7) is 0.616. The predicted molar refractivity (Wildman–Crippen MR) is 57.6 cm³/mol. The molecule has 0 saturated carbocycles. The fourth-order valence-corrected chi connectivity index (χ4v) is 1.30. The summed E-state index contributed by atoms with van der Waals surface area (Å²) < 4.78 is 15.6. The Morgan fingerprint density at radius 1 is 1.29 bits per heavy atom. The second-order valence-corrected chi connectivity index (χ2v) is 3.31. The van der Waals surface area contributed by atoms with Gasteiger partial charge in [0, 0.05) is 0 Å². The second-order valence-electron chi connectivity index (χ2n) is 3.31. The number of hydrazine groups is 1. The molecule has 2 rings (SSSR count). The van der Waals surface area contributed by atoms with Crippen molar-refractivity contribution in [3.05, 3.63) is 47.8 Å². The van der Waals surface area contributed by atoms with Crippen LogP contribution in [-0.2, 0) is 18.0 Å². The van der Waals surface area contributed by atoms with E-state index >= 15 is 0 Å². The van der Waals surface area contributed by atoms with Gasteiger partial charge in [-0.25, -0.2) is 5.84 Å². The largest absolute Gasteiger partial charge is 0.467 e. The molecule has 2 heterocycles. The van der Waals surface area contributed by atoms with Crippen molar-refractivity contribution in [1.29, 1.82) is 0 Å². The maximum atomic E-state index is 11.1. The lowest BCUT2D eigenvalue weighted by molar-refractivity contribution is 0.0772. The average molecular weight is 236 g/mol. The summed E-state index contributed by atoms with van der Waals surface area (Å²) in [6.07, 6.45) is 1.58. The van der Waals surface area contributed by atoms with Gasteiger partial charge in [-0.3, -0.25) is 10.2 Å². The molecule has 90 valence electrons. The highest BCUT2D eigenvalue weighted by atomic mass is 16.5. The Morgan fingerprint density at radius 3 is 2.82 bits per heavy atom. The van der Waals surface area contributed by atoms with E-state index in [0.717, 1.165) is 5.76 Å². The lowest BCUT2D eigenvalue weighted by Gasteiger charge is -1.99. The number of furan rings is 2. The molecule has 6 nitrogen and oxygen atoms in total. The number of nitrogen functional groups attached to an aromatic ring is 1. The Morgan fingerprint density at radius 2 is 2.12 bits per heavy atom. The van der Waals surface area contributed by atoms with Crippen molar-refractivity contribution in [2.24, 2.45) is 5.84 Å². The third-order valence-corrected chi connectivity index (χ3v) is 2.09. The summed E-state index contributed by atoms with van der Waals surface area (Å²) in [4.78, 5) is 11.1. The summed E-state index contributed by atoms with van der Waals surface area (Å²) in [5, 5.41) is 0. The van der Waals surface area contributed by atoms with Gasteiger partial charge in [0.1, 0.15) is 24.7 Å². The maximum absolute atomic E-state index is 11.1. The van der Waals surface area contributed by atoms with Gasteiger partial charge < -0.3 is 13.6 Å². The molecule has 0 spiro atoms. The van der Waals surface area contributed by atoms with Gasteiger partial charge >= 0.3 is 5.91 Å². The molecular weight excluding hydrogens is 224 g/mol. The first-order valence-electron chi connectivity index (χ1n) is 4.99. The van der Waals surface area contributed by atoms with Crippen LogP contribution in [0.5, 0.6) is 0 Å². The molecule has 0 bridgehead atoms. The molecule has 0 radical (unpaired) electrons. The van der Waals surface area contributed by atoms with E-state index in [1.807, 2.05) is 11.5 Å². The quantitative estimate of drug-likeness (QED) is 0.462. The van der Waals surface area contributed by atoms with E-state index in [2.05, 4.69) is 0 Å².